The van der Waals surface area contributed by atoms with Crippen LogP contribution in [0.5, 0.6) is 6.01 Å². The monoisotopic (exact) mass is 643 g/mol. The Kier molecular flexibility index (Phi) is 11.2. The van der Waals surface area contributed by atoms with Crippen molar-refractivity contribution in [3.05, 3.63) is 57.4 Å². The Morgan fingerprint density at radius 1 is 1.27 bits per heavy atom. The average Bonchev–Trinajstić information content (AvgIpc) is 3.53. The van der Waals surface area contributed by atoms with Gasteiger partial charge in [0.1, 0.15) is 17.7 Å². The highest BCUT2D eigenvalue weighted by Gasteiger charge is 2.35. The molecule has 1 amide bonds. The van der Waals surface area contributed by atoms with Crippen LogP contribution in [0.1, 0.15) is 61.1 Å². The SMILES string of the molecule is CCc1c(Cl)cccc1C1Cc2nc(OC)nc(N3CCCN=C(/C=C(\N)C(=O)NOC)C3)c2CO1.FC1CC2CCCN2C1. The number of nitrogens with two attached hydrogens (primary N) is 1. The summed E-state index contributed by atoms with van der Waals surface area (Å²) >= 11 is 6.46. The van der Waals surface area contributed by atoms with E-state index in [2.05, 4.69) is 48.1 Å². The second kappa shape index (κ2) is 15.3. The van der Waals surface area contributed by atoms with Crippen molar-refractivity contribution in [1.82, 2.24) is 20.3 Å². The third-order valence-electron chi connectivity index (χ3n) is 8.69. The van der Waals surface area contributed by atoms with Gasteiger partial charge in [-0.1, -0.05) is 30.7 Å². The average molecular weight is 644 g/mol. The summed E-state index contributed by atoms with van der Waals surface area (Å²) in [6, 6.07) is 6.82. The van der Waals surface area contributed by atoms with Crippen LogP contribution >= 0.6 is 11.6 Å². The van der Waals surface area contributed by atoms with E-state index in [1.807, 2.05) is 12.1 Å². The fourth-order valence-electron chi connectivity index (χ4n) is 6.54. The van der Waals surface area contributed by atoms with Gasteiger partial charge in [0, 0.05) is 42.7 Å². The van der Waals surface area contributed by atoms with Gasteiger partial charge in [0.05, 0.1) is 44.9 Å². The van der Waals surface area contributed by atoms with Gasteiger partial charge in [-0.05, 0) is 61.9 Å². The number of hydrogen-bond acceptors (Lipinski definition) is 10. The molecule has 6 rings (SSSR count). The van der Waals surface area contributed by atoms with Crippen LogP contribution in [0.2, 0.25) is 5.02 Å². The first-order valence-corrected chi connectivity index (χ1v) is 16.0. The number of nitrogens with zero attached hydrogens (tertiary/aromatic N) is 5. The summed E-state index contributed by atoms with van der Waals surface area (Å²) < 4.78 is 24.4. The fourth-order valence-corrected chi connectivity index (χ4v) is 6.85. The summed E-state index contributed by atoms with van der Waals surface area (Å²) in [4.78, 5) is 35.0. The number of anilines is 1. The molecule has 1 aromatic heterocycles. The number of halogens is 2. The zero-order chi connectivity index (χ0) is 31.9. The molecular weight excluding hydrogens is 601 g/mol. The molecule has 11 nitrogen and oxygen atoms in total. The molecule has 0 saturated carbocycles. The quantitative estimate of drug-likeness (QED) is 0.341. The minimum Gasteiger partial charge on any atom is -0.467 e. The first kappa shape index (κ1) is 33.1. The van der Waals surface area contributed by atoms with E-state index in [9.17, 15) is 9.18 Å². The molecule has 244 valence electrons. The summed E-state index contributed by atoms with van der Waals surface area (Å²) in [5.74, 6) is 0.212. The lowest BCUT2D eigenvalue weighted by Crippen LogP contribution is -2.33. The Balaban J connectivity index is 0.000000377. The largest absolute Gasteiger partial charge is 0.467 e. The molecule has 0 radical (unpaired) electrons. The topological polar surface area (TPSA) is 127 Å². The molecule has 5 heterocycles. The Morgan fingerprint density at radius 3 is 2.87 bits per heavy atom. The molecule has 0 bridgehead atoms. The van der Waals surface area contributed by atoms with Crippen molar-refractivity contribution >= 4 is 29.0 Å². The highest BCUT2D eigenvalue weighted by molar-refractivity contribution is 6.31. The number of alkyl halides is 1. The number of amides is 1. The van der Waals surface area contributed by atoms with Crippen LogP contribution in [0.4, 0.5) is 10.2 Å². The van der Waals surface area contributed by atoms with Gasteiger partial charge in [-0.2, -0.15) is 9.97 Å². The second-order valence-corrected chi connectivity index (χ2v) is 12.0. The number of hydrogen-bond donors (Lipinski definition) is 2. The summed E-state index contributed by atoms with van der Waals surface area (Å²) in [5.41, 5.74) is 12.8. The van der Waals surface area contributed by atoms with Gasteiger partial charge in [0.15, 0.2) is 0 Å². The molecule has 3 N–H and O–H groups in total. The van der Waals surface area contributed by atoms with Crippen molar-refractivity contribution in [2.45, 2.75) is 70.4 Å². The molecule has 0 spiro atoms. The number of methoxy groups -OCH3 is 1. The molecule has 3 unspecified atom stereocenters. The smallest absolute Gasteiger partial charge is 0.318 e. The van der Waals surface area contributed by atoms with Crippen molar-refractivity contribution in [2.24, 2.45) is 10.7 Å². The van der Waals surface area contributed by atoms with E-state index in [0.717, 1.165) is 65.6 Å². The zero-order valence-electron chi connectivity index (χ0n) is 26.2. The number of rotatable bonds is 7. The van der Waals surface area contributed by atoms with Crippen LogP contribution in [0.15, 0.2) is 35.0 Å². The van der Waals surface area contributed by atoms with Gasteiger partial charge < -0.3 is 20.1 Å². The molecule has 4 aliphatic heterocycles. The molecule has 45 heavy (non-hydrogen) atoms. The predicted octanol–water partition coefficient (Wildman–Crippen LogP) is 3.88. The van der Waals surface area contributed by atoms with Gasteiger partial charge in [0.25, 0.3) is 5.91 Å². The number of carbonyl (C=O) groups excluding carboxylic acids is 1. The number of aliphatic imine (C=N–C) groups is 1. The molecule has 2 aromatic rings. The van der Waals surface area contributed by atoms with Gasteiger partial charge in [-0.15, -0.1) is 0 Å². The Bertz CT molecular complexity index is 1410. The maximum absolute atomic E-state index is 12.6. The number of fused-ring (bicyclic) bond motifs is 2. The van der Waals surface area contributed by atoms with E-state index in [1.54, 1.807) is 13.2 Å². The molecule has 0 aliphatic carbocycles. The van der Waals surface area contributed by atoms with E-state index in [-0.39, 0.29) is 11.8 Å². The van der Waals surface area contributed by atoms with Crippen LogP contribution in [-0.4, -0.2) is 85.6 Å². The summed E-state index contributed by atoms with van der Waals surface area (Å²) in [6.07, 6.45) is 6.42. The van der Waals surface area contributed by atoms with Crippen molar-refractivity contribution in [3.63, 3.8) is 0 Å². The van der Waals surface area contributed by atoms with Crippen LogP contribution in [0.3, 0.4) is 0 Å². The van der Waals surface area contributed by atoms with Gasteiger partial charge in [0.2, 0.25) is 0 Å². The molecule has 2 fully saturated rings. The lowest BCUT2D eigenvalue weighted by Gasteiger charge is -2.31. The number of benzene rings is 1. The maximum Gasteiger partial charge on any atom is 0.318 e. The summed E-state index contributed by atoms with van der Waals surface area (Å²) in [7, 11) is 2.91. The lowest BCUT2D eigenvalue weighted by atomic mass is 9.94. The molecule has 4 aliphatic rings. The Morgan fingerprint density at radius 2 is 2.11 bits per heavy atom. The molecular formula is C32H43ClFN7O4. The fraction of sp³-hybridized carbons (Fsp3) is 0.562. The normalized spacial score (nSPS) is 23.3. The third-order valence-corrected chi connectivity index (χ3v) is 9.04. The first-order chi connectivity index (χ1) is 21.8. The van der Waals surface area contributed by atoms with E-state index in [1.165, 1.54) is 20.0 Å². The third kappa shape index (κ3) is 7.92. The zero-order valence-corrected chi connectivity index (χ0v) is 27.0. The molecule has 13 heteroatoms. The predicted molar refractivity (Wildman–Crippen MR) is 171 cm³/mol. The minimum atomic E-state index is -0.524. The Hall–Kier alpha value is -3.32. The second-order valence-electron chi connectivity index (χ2n) is 11.6. The van der Waals surface area contributed by atoms with Crippen molar-refractivity contribution in [2.75, 3.05) is 51.8 Å². The molecule has 3 atom stereocenters. The number of aromatic nitrogens is 2. The maximum atomic E-state index is 12.6. The van der Waals surface area contributed by atoms with E-state index >= 15 is 0 Å². The molecule has 1 aromatic carbocycles. The van der Waals surface area contributed by atoms with E-state index in [0.29, 0.717) is 50.4 Å². The summed E-state index contributed by atoms with van der Waals surface area (Å²) in [5, 5.41) is 0.744. The van der Waals surface area contributed by atoms with Gasteiger partial charge in [-0.3, -0.25) is 19.5 Å². The number of nitrogens with one attached hydrogen (secondary N) is 1. The number of carbonyl (C=O) groups is 1. The van der Waals surface area contributed by atoms with Gasteiger partial charge in [-0.25, -0.2) is 9.87 Å². The van der Waals surface area contributed by atoms with Crippen LogP contribution in [0, 0.1) is 0 Å². The van der Waals surface area contributed by atoms with Crippen LogP contribution in [0.25, 0.3) is 0 Å². The number of ether oxygens (including phenoxy) is 2. The van der Waals surface area contributed by atoms with E-state index in [4.69, 9.17) is 26.8 Å². The Labute approximate surface area is 268 Å². The van der Waals surface area contributed by atoms with Crippen molar-refractivity contribution in [1.29, 1.82) is 0 Å². The lowest BCUT2D eigenvalue weighted by molar-refractivity contribution is -0.127. The number of hydroxylamine groups is 1. The van der Waals surface area contributed by atoms with Crippen LogP contribution < -0.4 is 20.9 Å². The highest BCUT2D eigenvalue weighted by atomic mass is 35.5. The highest BCUT2D eigenvalue weighted by Crippen LogP contribution is 2.37. The van der Waals surface area contributed by atoms with Crippen LogP contribution in [-0.2, 0) is 33.8 Å². The van der Waals surface area contributed by atoms with E-state index < -0.39 is 12.1 Å². The minimum absolute atomic E-state index is 0.0131. The van der Waals surface area contributed by atoms with Crippen molar-refractivity contribution < 1.29 is 23.5 Å². The first-order valence-electron chi connectivity index (χ1n) is 15.6. The van der Waals surface area contributed by atoms with Crippen molar-refractivity contribution in [3.8, 4) is 6.01 Å². The molecule has 2 saturated heterocycles. The summed E-state index contributed by atoms with van der Waals surface area (Å²) in [6.45, 7) is 6.05. The van der Waals surface area contributed by atoms with Gasteiger partial charge >= 0.3 is 6.01 Å². The standard InChI is InChI=1S/C25H31ClN6O4.C7H12FN/c1-4-16-17(7-5-8-19(16)26)22-12-21-18(14-36-22)23(30-25(29-21)34-2)32-10-6-9-28-15(13-32)11-20(27)24(33)31-35-3;8-6-4-7-2-1-3-9(7)5-6/h5,7-8,11,22H,4,6,9-10,12-14,27H2,1-3H3,(H,31,33);6-7H,1-5H2/b20-11-;.